The average molecular weight is 204 g/mol. The fraction of sp³-hybridized carbons (Fsp3) is 0.417. The molecule has 0 fully saturated rings. The van der Waals surface area contributed by atoms with Gasteiger partial charge >= 0.3 is 0 Å². The van der Waals surface area contributed by atoms with Crippen molar-refractivity contribution in [2.75, 3.05) is 6.61 Å². The Kier molecular flexibility index (Phi) is 2.73. The normalized spacial score (nSPS) is 13.3. The average Bonchev–Trinajstić information content (AvgIpc) is 2.55. The van der Waals surface area contributed by atoms with Crippen molar-refractivity contribution in [2.45, 2.75) is 20.4 Å². The van der Waals surface area contributed by atoms with E-state index in [2.05, 4.69) is 15.6 Å². The Morgan fingerprint density at radius 1 is 1.40 bits per heavy atom. The Morgan fingerprint density at radius 2 is 2.13 bits per heavy atom. The number of nitrogens with zero attached hydrogens (tertiary/aromatic N) is 2. The van der Waals surface area contributed by atoms with Gasteiger partial charge in [-0.3, -0.25) is 0 Å². The summed E-state index contributed by atoms with van der Waals surface area (Å²) in [7, 11) is 0. The second kappa shape index (κ2) is 4.03. The van der Waals surface area contributed by atoms with Crippen LogP contribution in [0.1, 0.15) is 12.7 Å². The van der Waals surface area contributed by atoms with Crippen LogP contribution in [-0.2, 0) is 6.54 Å². The molecule has 0 bridgehead atoms. The third-order valence-corrected chi connectivity index (χ3v) is 2.65. The molecular formula is C12H16N2O. The van der Waals surface area contributed by atoms with Gasteiger partial charge in [0.05, 0.1) is 11.0 Å². The minimum absolute atomic E-state index is 0.214. The number of hydrogen-bond acceptors (Lipinski definition) is 2. The lowest BCUT2D eigenvalue weighted by atomic mass is 10.2. The number of aliphatic hydroxyl groups is 1. The largest absolute Gasteiger partial charge is 0.396 e. The summed E-state index contributed by atoms with van der Waals surface area (Å²) in [6.07, 6.45) is 0. The zero-order valence-corrected chi connectivity index (χ0v) is 9.14. The molecule has 2 rings (SSSR count). The van der Waals surface area contributed by atoms with Gasteiger partial charge in [-0.25, -0.2) is 4.98 Å². The molecule has 0 radical (unpaired) electrons. The Hall–Kier alpha value is -1.35. The summed E-state index contributed by atoms with van der Waals surface area (Å²) in [4.78, 5) is 4.48. The fourth-order valence-electron chi connectivity index (χ4n) is 1.80. The monoisotopic (exact) mass is 204 g/mol. The summed E-state index contributed by atoms with van der Waals surface area (Å²) < 4.78 is 2.16. The number of hydrogen-bond donors (Lipinski definition) is 1. The first-order chi connectivity index (χ1) is 7.22. The number of aromatic nitrogens is 2. The number of imidazole rings is 1. The molecule has 0 saturated heterocycles. The lowest BCUT2D eigenvalue weighted by Gasteiger charge is -2.11. The van der Waals surface area contributed by atoms with E-state index in [0.717, 1.165) is 23.4 Å². The molecule has 1 N–H and O–H groups in total. The summed E-state index contributed by atoms with van der Waals surface area (Å²) >= 11 is 0. The van der Waals surface area contributed by atoms with E-state index >= 15 is 0 Å². The second-order valence-electron chi connectivity index (χ2n) is 4.05. The highest BCUT2D eigenvalue weighted by Gasteiger charge is 2.09. The van der Waals surface area contributed by atoms with Crippen LogP contribution in [0.3, 0.4) is 0 Å². The van der Waals surface area contributed by atoms with Crippen LogP contribution in [0, 0.1) is 12.8 Å². The highest BCUT2D eigenvalue weighted by atomic mass is 16.3. The van der Waals surface area contributed by atoms with Crippen molar-refractivity contribution in [3.05, 3.63) is 30.1 Å². The quantitative estimate of drug-likeness (QED) is 0.830. The SMILES string of the molecule is Cc1nc2ccccc2n1CC(C)CO. The molecule has 0 aliphatic carbocycles. The van der Waals surface area contributed by atoms with Gasteiger partial charge in [0.1, 0.15) is 5.82 Å². The molecule has 0 amide bonds. The molecule has 80 valence electrons. The number of rotatable bonds is 3. The first kappa shape index (κ1) is 10.2. The fourth-order valence-corrected chi connectivity index (χ4v) is 1.80. The minimum Gasteiger partial charge on any atom is -0.396 e. The van der Waals surface area contributed by atoms with Gasteiger partial charge in [-0.1, -0.05) is 19.1 Å². The molecule has 3 heteroatoms. The molecule has 2 aromatic rings. The van der Waals surface area contributed by atoms with Crippen LogP contribution in [0.15, 0.2) is 24.3 Å². The predicted molar refractivity (Wildman–Crippen MR) is 60.7 cm³/mol. The summed E-state index contributed by atoms with van der Waals surface area (Å²) in [5.41, 5.74) is 2.18. The van der Waals surface area contributed by atoms with Gasteiger partial charge < -0.3 is 9.67 Å². The minimum atomic E-state index is 0.214. The van der Waals surface area contributed by atoms with Gasteiger partial charge in [0, 0.05) is 13.2 Å². The smallest absolute Gasteiger partial charge is 0.106 e. The molecule has 15 heavy (non-hydrogen) atoms. The van der Waals surface area contributed by atoms with Crippen LogP contribution in [0.25, 0.3) is 11.0 Å². The van der Waals surface area contributed by atoms with Gasteiger partial charge in [-0.05, 0) is 25.0 Å². The number of aliphatic hydroxyl groups excluding tert-OH is 1. The molecule has 1 heterocycles. The summed E-state index contributed by atoms with van der Waals surface area (Å²) in [6, 6.07) is 8.10. The maximum absolute atomic E-state index is 9.06. The van der Waals surface area contributed by atoms with Crippen molar-refractivity contribution in [1.29, 1.82) is 0 Å². The molecular weight excluding hydrogens is 188 g/mol. The number of benzene rings is 1. The van der Waals surface area contributed by atoms with E-state index in [4.69, 9.17) is 5.11 Å². The Balaban J connectivity index is 2.45. The predicted octanol–water partition coefficient (Wildman–Crippen LogP) is 1.97. The first-order valence-electron chi connectivity index (χ1n) is 5.25. The number of aryl methyl sites for hydroxylation is 1. The topological polar surface area (TPSA) is 38.0 Å². The molecule has 1 aromatic heterocycles. The van der Waals surface area contributed by atoms with Gasteiger partial charge in [-0.2, -0.15) is 0 Å². The van der Waals surface area contributed by atoms with Crippen LogP contribution in [0.4, 0.5) is 0 Å². The molecule has 1 aromatic carbocycles. The van der Waals surface area contributed by atoms with E-state index in [1.807, 2.05) is 32.0 Å². The van der Waals surface area contributed by atoms with Gasteiger partial charge in [0.2, 0.25) is 0 Å². The highest BCUT2D eigenvalue weighted by molar-refractivity contribution is 5.75. The summed E-state index contributed by atoms with van der Waals surface area (Å²) in [6.45, 7) is 5.08. The molecule has 1 unspecified atom stereocenters. The lowest BCUT2D eigenvalue weighted by molar-refractivity contribution is 0.223. The zero-order valence-electron chi connectivity index (χ0n) is 9.14. The van der Waals surface area contributed by atoms with Crippen molar-refractivity contribution >= 4 is 11.0 Å². The highest BCUT2D eigenvalue weighted by Crippen LogP contribution is 2.16. The molecule has 0 spiro atoms. The number of fused-ring (bicyclic) bond motifs is 1. The van der Waals surface area contributed by atoms with Gasteiger partial charge in [-0.15, -0.1) is 0 Å². The molecule has 0 saturated carbocycles. The van der Waals surface area contributed by atoms with E-state index in [9.17, 15) is 0 Å². The second-order valence-corrected chi connectivity index (χ2v) is 4.05. The molecule has 3 nitrogen and oxygen atoms in total. The lowest BCUT2D eigenvalue weighted by Crippen LogP contribution is -2.12. The third-order valence-electron chi connectivity index (χ3n) is 2.65. The van der Waals surface area contributed by atoms with Crippen molar-refractivity contribution in [3.63, 3.8) is 0 Å². The zero-order chi connectivity index (χ0) is 10.8. The van der Waals surface area contributed by atoms with Crippen LogP contribution in [0.2, 0.25) is 0 Å². The Bertz CT molecular complexity index is 462. The van der Waals surface area contributed by atoms with Crippen molar-refractivity contribution in [1.82, 2.24) is 9.55 Å². The standard InChI is InChI=1S/C12H16N2O/c1-9(8-15)7-14-10(2)13-11-5-3-4-6-12(11)14/h3-6,9,15H,7-8H2,1-2H3. The maximum atomic E-state index is 9.06. The van der Waals surface area contributed by atoms with E-state index in [1.54, 1.807) is 0 Å². The van der Waals surface area contributed by atoms with Crippen LogP contribution >= 0.6 is 0 Å². The van der Waals surface area contributed by atoms with Crippen LogP contribution < -0.4 is 0 Å². The summed E-state index contributed by atoms with van der Waals surface area (Å²) in [5, 5.41) is 9.06. The molecule has 1 atom stereocenters. The molecule has 0 aliphatic rings. The Labute approximate surface area is 89.4 Å². The van der Waals surface area contributed by atoms with Crippen molar-refractivity contribution in [2.24, 2.45) is 5.92 Å². The third kappa shape index (κ3) is 1.88. The first-order valence-corrected chi connectivity index (χ1v) is 5.25. The Morgan fingerprint density at radius 3 is 2.87 bits per heavy atom. The van der Waals surface area contributed by atoms with Gasteiger partial charge in [0.25, 0.3) is 0 Å². The van der Waals surface area contributed by atoms with E-state index < -0.39 is 0 Å². The van der Waals surface area contributed by atoms with Gasteiger partial charge in [0.15, 0.2) is 0 Å². The van der Waals surface area contributed by atoms with E-state index in [1.165, 1.54) is 0 Å². The van der Waals surface area contributed by atoms with Crippen LogP contribution in [0.5, 0.6) is 0 Å². The maximum Gasteiger partial charge on any atom is 0.106 e. The summed E-state index contributed by atoms with van der Waals surface area (Å²) in [5.74, 6) is 1.28. The van der Waals surface area contributed by atoms with Crippen LogP contribution in [-0.4, -0.2) is 21.3 Å². The number of para-hydroxylation sites is 2. The van der Waals surface area contributed by atoms with Crippen molar-refractivity contribution in [3.8, 4) is 0 Å². The van der Waals surface area contributed by atoms with E-state index in [-0.39, 0.29) is 12.5 Å². The molecule has 0 aliphatic heterocycles. The van der Waals surface area contributed by atoms with E-state index in [0.29, 0.717) is 0 Å². The van der Waals surface area contributed by atoms with Crippen molar-refractivity contribution < 1.29 is 5.11 Å².